The molecule has 1 unspecified atom stereocenters. The first-order chi connectivity index (χ1) is 18.9. The summed E-state index contributed by atoms with van der Waals surface area (Å²) in [4.78, 5) is 32.1. The third-order valence-corrected chi connectivity index (χ3v) is 7.31. The number of hydrogen-bond donors (Lipinski definition) is 0. The van der Waals surface area contributed by atoms with Gasteiger partial charge in [0.15, 0.2) is 17.3 Å². The van der Waals surface area contributed by atoms with E-state index in [1.807, 2.05) is 24.3 Å². The van der Waals surface area contributed by atoms with Gasteiger partial charge in [-0.3, -0.25) is 14.6 Å². The quantitative estimate of drug-likeness (QED) is 0.323. The van der Waals surface area contributed by atoms with Gasteiger partial charge in [0.2, 0.25) is 5.75 Å². The number of ketones is 1. The highest BCUT2D eigenvalue weighted by atomic mass is 16.6. The van der Waals surface area contributed by atoms with Gasteiger partial charge < -0.3 is 28.4 Å². The minimum Gasteiger partial charge on any atom is -0.497 e. The van der Waals surface area contributed by atoms with E-state index in [1.54, 1.807) is 26.2 Å². The van der Waals surface area contributed by atoms with E-state index in [1.165, 1.54) is 28.4 Å². The van der Waals surface area contributed by atoms with Crippen molar-refractivity contribution in [2.75, 3.05) is 48.8 Å². The Morgan fingerprint density at radius 1 is 0.872 bits per heavy atom. The zero-order valence-electron chi connectivity index (χ0n) is 23.2. The van der Waals surface area contributed by atoms with Gasteiger partial charge in [-0.25, -0.2) is 0 Å². The predicted octanol–water partition coefficient (Wildman–Crippen LogP) is 4.49. The van der Waals surface area contributed by atoms with Crippen molar-refractivity contribution < 1.29 is 38.0 Å². The predicted molar refractivity (Wildman–Crippen MR) is 145 cm³/mol. The van der Waals surface area contributed by atoms with Crippen molar-refractivity contribution in [3.63, 3.8) is 0 Å². The van der Waals surface area contributed by atoms with Crippen molar-refractivity contribution in [2.24, 2.45) is 10.9 Å². The molecule has 3 atom stereocenters. The molecule has 0 amide bonds. The zero-order valence-corrected chi connectivity index (χ0v) is 23.2. The fourth-order valence-electron chi connectivity index (χ4n) is 5.43. The van der Waals surface area contributed by atoms with E-state index >= 15 is 0 Å². The summed E-state index contributed by atoms with van der Waals surface area (Å²) in [6, 6.07) is 11.3. The number of ether oxygens (including phenoxy) is 6. The molecule has 4 rings (SSSR count). The Kier molecular flexibility index (Phi) is 8.91. The second-order valence-corrected chi connectivity index (χ2v) is 9.49. The number of carbonyl (C=O) groups excluding carboxylic acids is 2. The SMILES string of the molecule is COCCOC(=O)C1C(C)=NC2=C(C(=O)C[C@H](c3ccc(OC)cc3)C2)[C@H]1c1cc(OC)c(OC)c(OC)c1. The second-order valence-electron chi connectivity index (χ2n) is 9.49. The molecule has 9 heteroatoms. The fraction of sp³-hybridized carbons (Fsp3) is 0.433. The molecule has 1 aliphatic carbocycles. The van der Waals surface area contributed by atoms with E-state index in [0.29, 0.717) is 52.6 Å². The number of allylic oxidation sites excluding steroid dienone is 2. The van der Waals surface area contributed by atoms with E-state index < -0.39 is 17.8 Å². The maximum atomic E-state index is 13.9. The molecule has 0 aromatic heterocycles. The Balaban J connectivity index is 1.82. The molecule has 208 valence electrons. The van der Waals surface area contributed by atoms with Crippen LogP contribution in [0.3, 0.4) is 0 Å². The number of nitrogens with zero attached hydrogens (tertiary/aromatic N) is 1. The summed E-state index contributed by atoms with van der Waals surface area (Å²) in [6.07, 6.45) is 0.864. The largest absolute Gasteiger partial charge is 0.497 e. The van der Waals surface area contributed by atoms with Crippen LogP contribution in [0.5, 0.6) is 23.0 Å². The molecular weight excluding hydrogens is 502 g/mol. The van der Waals surface area contributed by atoms with Crippen LogP contribution in [-0.2, 0) is 19.1 Å². The van der Waals surface area contributed by atoms with Crippen LogP contribution < -0.4 is 18.9 Å². The molecule has 0 bridgehead atoms. The standard InChI is InChI=1S/C30H35NO8/c1-17-26(30(33)39-12-11-34-2)27(20-15-24(36-4)29(38-6)25(16-20)37-5)28-22(31-17)13-19(14-23(28)32)18-7-9-21(35-3)10-8-18/h7-10,15-16,19,26-27H,11-14H2,1-6H3/t19-,26?,27+/m1/s1. The number of esters is 1. The molecule has 0 N–H and O–H groups in total. The lowest BCUT2D eigenvalue weighted by Gasteiger charge is -2.36. The summed E-state index contributed by atoms with van der Waals surface area (Å²) >= 11 is 0. The molecule has 39 heavy (non-hydrogen) atoms. The molecule has 2 aromatic carbocycles. The Morgan fingerprint density at radius 3 is 2.10 bits per heavy atom. The first kappa shape index (κ1) is 28.2. The third kappa shape index (κ3) is 5.63. The van der Waals surface area contributed by atoms with Crippen molar-refractivity contribution in [3.8, 4) is 23.0 Å². The molecule has 0 saturated carbocycles. The van der Waals surface area contributed by atoms with Crippen LogP contribution in [0, 0.1) is 5.92 Å². The monoisotopic (exact) mass is 537 g/mol. The number of aliphatic imine (C=N–C) groups is 1. The minimum atomic E-state index is -0.801. The normalized spacial score (nSPS) is 20.6. The summed E-state index contributed by atoms with van der Waals surface area (Å²) in [6.45, 7) is 2.17. The molecule has 0 saturated heterocycles. The van der Waals surface area contributed by atoms with Crippen LogP contribution >= 0.6 is 0 Å². The summed E-state index contributed by atoms with van der Waals surface area (Å²) in [5.41, 5.74) is 3.50. The van der Waals surface area contributed by atoms with Gasteiger partial charge in [-0.05, 0) is 54.7 Å². The van der Waals surface area contributed by atoms with E-state index in [0.717, 1.165) is 11.3 Å². The van der Waals surface area contributed by atoms with Gasteiger partial charge in [-0.2, -0.15) is 0 Å². The Labute approximate surface area is 228 Å². The first-order valence-corrected chi connectivity index (χ1v) is 12.8. The van der Waals surface area contributed by atoms with Gasteiger partial charge >= 0.3 is 5.97 Å². The summed E-state index contributed by atoms with van der Waals surface area (Å²) in [5.74, 6) is 0.0444. The third-order valence-electron chi connectivity index (χ3n) is 7.31. The molecule has 2 aromatic rings. The summed E-state index contributed by atoms with van der Waals surface area (Å²) in [7, 11) is 7.74. The van der Waals surface area contributed by atoms with Gasteiger partial charge in [-0.1, -0.05) is 12.1 Å². The van der Waals surface area contributed by atoms with Gasteiger partial charge in [0.05, 0.1) is 35.0 Å². The lowest BCUT2D eigenvalue weighted by molar-refractivity contribution is -0.147. The average Bonchev–Trinajstić information content (AvgIpc) is 2.95. The molecule has 0 fully saturated rings. The highest BCUT2D eigenvalue weighted by Gasteiger charge is 2.45. The molecule has 9 nitrogen and oxygen atoms in total. The summed E-state index contributed by atoms with van der Waals surface area (Å²) < 4.78 is 32.6. The van der Waals surface area contributed by atoms with Crippen molar-refractivity contribution in [2.45, 2.75) is 31.6 Å². The number of Topliss-reactive ketones (excluding diaryl/α,β-unsaturated/α-hetero) is 1. The van der Waals surface area contributed by atoms with Gasteiger partial charge in [0.1, 0.15) is 18.3 Å². The topological polar surface area (TPSA) is 102 Å². The Bertz CT molecular complexity index is 1260. The number of benzene rings is 2. The maximum absolute atomic E-state index is 13.9. The number of rotatable bonds is 10. The van der Waals surface area contributed by atoms with Crippen LogP contribution in [0.4, 0.5) is 0 Å². The molecule has 0 radical (unpaired) electrons. The smallest absolute Gasteiger partial charge is 0.315 e. The molecule has 1 aliphatic heterocycles. The maximum Gasteiger partial charge on any atom is 0.315 e. The van der Waals surface area contributed by atoms with E-state index in [9.17, 15) is 9.59 Å². The lowest BCUT2D eigenvalue weighted by atomic mass is 9.69. The van der Waals surface area contributed by atoms with Gasteiger partial charge in [0, 0.05) is 36.4 Å². The highest BCUT2D eigenvalue weighted by molar-refractivity contribution is 6.09. The van der Waals surface area contributed by atoms with Crippen molar-refractivity contribution in [1.29, 1.82) is 0 Å². The number of carbonyl (C=O) groups is 2. The molecular formula is C30H35NO8. The zero-order chi connectivity index (χ0) is 28.1. The van der Waals surface area contributed by atoms with Crippen molar-refractivity contribution in [3.05, 3.63) is 58.8 Å². The second kappa shape index (κ2) is 12.3. The Hall–Kier alpha value is -3.85. The lowest BCUT2D eigenvalue weighted by Crippen LogP contribution is -2.38. The van der Waals surface area contributed by atoms with Crippen LogP contribution in [0.15, 0.2) is 52.7 Å². The molecule has 0 spiro atoms. The van der Waals surface area contributed by atoms with Crippen molar-refractivity contribution >= 4 is 17.5 Å². The highest BCUT2D eigenvalue weighted by Crippen LogP contribution is 2.49. The average molecular weight is 538 g/mol. The number of methoxy groups -OCH3 is 5. The van der Waals surface area contributed by atoms with Crippen LogP contribution in [0.1, 0.15) is 42.7 Å². The fourth-order valence-corrected chi connectivity index (χ4v) is 5.43. The van der Waals surface area contributed by atoms with Gasteiger partial charge in [-0.15, -0.1) is 0 Å². The first-order valence-electron chi connectivity index (χ1n) is 12.8. The van der Waals surface area contributed by atoms with Crippen LogP contribution in [-0.4, -0.2) is 66.2 Å². The van der Waals surface area contributed by atoms with Crippen LogP contribution in [0.2, 0.25) is 0 Å². The van der Waals surface area contributed by atoms with E-state index in [2.05, 4.69) is 0 Å². The van der Waals surface area contributed by atoms with Crippen LogP contribution in [0.25, 0.3) is 0 Å². The van der Waals surface area contributed by atoms with Gasteiger partial charge in [0.25, 0.3) is 0 Å². The number of hydrogen-bond acceptors (Lipinski definition) is 9. The van der Waals surface area contributed by atoms with Crippen molar-refractivity contribution in [1.82, 2.24) is 0 Å². The molecule has 2 aliphatic rings. The molecule has 1 heterocycles. The van der Waals surface area contributed by atoms with E-state index in [-0.39, 0.29) is 24.9 Å². The van der Waals surface area contributed by atoms with E-state index in [4.69, 9.17) is 33.4 Å². The minimum absolute atomic E-state index is 0.0375. The summed E-state index contributed by atoms with van der Waals surface area (Å²) in [5, 5.41) is 0. The Morgan fingerprint density at radius 2 is 1.54 bits per heavy atom.